The summed E-state index contributed by atoms with van der Waals surface area (Å²) >= 11 is 0. The van der Waals surface area contributed by atoms with Crippen molar-refractivity contribution in [3.63, 3.8) is 0 Å². The van der Waals surface area contributed by atoms with Crippen molar-refractivity contribution in [1.82, 2.24) is 0 Å². The van der Waals surface area contributed by atoms with Gasteiger partial charge in [0.15, 0.2) is 12.6 Å². The molecule has 0 heterocycles. The van der Waals surface area contributed by atoms with Gasteiger partial charge < -0.3 is 14.2 Å². The first-order valence-electron chi connectivity index (χ1n) is 4.09. The minimum absolute atomic E-state index is 0.179. The van der Waals surface area contributed by atoms with Crippen LogP contribution in [0.15, 0.2) is 0 Å². The number of hydrogen-bond donors (Lipinski definition) is 0. The molecular formula is C8H18O3. The van der Waals surface area contributed by atoms with Gasteiger partial charge in [-0.3, -0.25) is 0 Å². The Labute approximate surface area is 68.6 Å². The van der Waals surface area contributed by atoms with Crippen molar-refractivity contribution < 1.29 is 14.2 Å². The van der Waals surface area contributed by atoms with Gasteiger partial charge in [0.25, 0.3) is 0 Å². The molecule has 11 heavy (non-hydrogen) atoms. The fourth-order valence-electron chi connectivity index (χ4n) is 0.818. The lowest BCUT2D eigenvalue weighted by Crippen LogP contribution is -2.22. The molecule has 3 heteroatoms. The molecule has 0 saturated heterocycles. The summed E-state index contributed by atoms with van der Waals surface area (Å²) < 4.78 is 15.6. The third-order valence-electron chi connectivity index (χ3n) is 1.19. The zero-order chi connectivity index (χ0) is 8.69. The number of rotatable bonds is 6. The summed E-state index contributed by atoms with van der Waals surface area (Å²) in [5.41, 5.74) is 0. The molecule has 68 valence electrons. The molecule has 0 aliphatic carbocycles. The van der Waals surface area contributed by atoms with Gasteiger partial charge in [-0.2, -0.15) is 0 Å². The summed E-state index contributed by atoms with van der Waals surface area (Å²) in [7, 11) is 0. The number of ether oxygens (including phenoxy) is 3. The van der Waals surface area contributed by atoms with Crippen molar-refractivity contribution in [3.05, 3.63) is 0 Å². The van der Waals surface area contributed by atoms with Crippen LogP contribution in [-0.2, 0) is 14.2 Å². The van der Waals surface area contributed by atoms with E-state index in [0.717, 1.165) is 0 Å². The van der Waals surface area contributed by atoms with Crippen LogP contribution < -0.4 is 0 Å². The van der Waals surface area contributed by atoms with E-state index in [1.807, 2.05) is 27.7 Å². The van der Waals surface area contributed by atoms with E-state index in [2.05, 4.69) is 0 Å². The average Bonchev–Trinajstić information content (AvgIpc) is 1.87. The van der Waals surface area contributed by atoms with Crippen LogP contribution in [0.25, 0.3) is 0 Å². The maximum Gasteiger partial charge on any atom is 0.157 e. The Morgan fingerprint density at radius 1 is 0.909 bits per heavy atom. The van der Waals surface area contributed by atoms with Crippen LogP contribution >= 0.6 is 0 Å². The average molecular weight is 162 g/mol. The normalized spacial score (nSPS) is 16.4. The van der Waals surface area contributed by atoms with Crippen LogP contribution in [0.5, 0.6) is 0 Å². The predicted octanol–water partition coefficient (Wildman–Crippen LogP) is 1.77. The monoisotopic (exact) mass is 162 g/mol. The molecule has 0 aliphatic heterocycles. The quantitative estimate of drug-likeness (QED) is 0.557. The topological polar surface area (TPSA) is 27.7 Å². The van der Waals surface area contributed by atoms with Gasteiger partial charge in [0.1, 0.15) is 0 Å². The van der Waals surface area contributed by atoms with Crippen LogP contribution in [0.2, 0.25) is 0 Å². The Hall–Kier alpha value is -0.120. The van der Waals surface area contributed by atoms with Crippen molar-refractivity contribution in [1.29, 1.82) is 0 Å². The second-order valence-electron chi connectivity index (χ2n) is 2.18. The molecule has 0 aromatic rings. The van der Waals surface area contributed by atoms with E-state index < -0.39 is 0 Å². The molecule has 0 N–H and O–H groups in total. The highest BCUT2D eigenvalue weighted by Crippen LogP contribution is 2.00. The second-order valence-corrected chi connectivity index (χ2v) is 2.18. The van der Waals surface area contributed by atoms with E-state index in [4.69, 9.17) is 14.2 Å². The molecule has 2 atom stereocenters. The Morgan fingerprint density at radius 3 is 1.55 bits per heavy atom. The molecule has 0 radical (unpaired) electrons. The third-order valence-corrected chi connectivity index (χ3v) is 1.19. The van der Waals surface area contributed by atoms with E-state index >= 15 is 0 Å². The number of hydrogen-bond acceptors (Lipinski definition) is 3. The van der Waals surface area contributed by atoms with Crippen LogP contribution in [0, 0.1) is 0 Å². The van der Waals surface area contributed by atoms with Crippen molar-refractivity contribution in [2.45, 2.75) is 40.3 Å². The largest absolute Gasteiger partial charge is 0.353 e. The summed E-state index contributed by atoms with van der Waals surface area (Å²) in [4.78, 5) is 0. The molecule has 0 saturated carbocycles. The Balaban J connectivity index is 3.32. The highest BCUT2D eigenvalue weighted by atomic mass is 16.8. The SMILES string of the molecule is CCOC(C)OC(C)OCC. The second kappa shape index (κ2) is 6.58. The molecule has 0 aliphatic rings. The molecule has 3 nitrogen and oxygen atoms in total. The van der Waals surface area contributed by atoms with Crippen molar-refractivity contribution in [2.75, 3.05) is 13.2 Å². The first kappa shape index (κ1) is 10.9. The van der Waals surface area contributed by atoms with Crippen molar-refractivity contribution >= 4 is 0 Å². The minimum atomic E-state index is -0.179. The summed E-state index contributed by atoms with van der Waals surface area (Å²) in [5.74, 6) is 0. The summed E-state index contributed by atoms with van der Waals surface area (Å²) in [6, 6.07) is 0. The minimum Gasteiger partial charge on any atom is -0.353 e. The Bertz CT molecular complexity index is 75.4. The fraction of sp³-hybridized carbons (Fsp3) is 1.00. The summed E-state index contributed by atoms with van der Waals surface area (Å²) in [6.07, 6.45) is -0.358. The maximum atomic E-state index is 5.29. The van der Waals surface area contributed by atoms with E-state index in [1.54, 1.807) is 0 Å². The van der Waals surface area contributed by atoms with Gasteiger partial charge in [0.05, 0.1) is 0 Å². The Morgan fingerprint density at radius 2 is 1.27 bits per heavy atom. The first-order chi connectivity index (χ1) is 5.20. The smallest absolute Gasteiger partial charge is 0.157 e. The maximum absolute atomic E-state index is 5.29. The van der Waals surface area contributed by atoms with Gasteiger partial charge in [-0.05, 0) is 27.7 Å². The van der Waals surface area contributed by atoms with Crippen molar-refractivity contribution in [3.8, 4) is 0 Å². The van der Waals surface area contributed by atoms with E-state index in [-0.39, 0.29) is 12.6 Å². The van der Waals surface area contributed by atoms with Crippen LogP contribution in [-0.4, -0.2) is 25.8 Å². The fourth-order valence-corrected chi connectivity index (χ4v) is 0.818. The third kappa shape index (κ3) is 6.28. The van der Waals surface area contributed by atoms with E-state index in [9.17, 15) is 0 Å². The molecule has 0 spiro atoms. The summed E-state index contributed by atoms with van der Waals surface area (Å²) in [5, 5.41) is 0. The summed E-state index contributed by atoms with van der Waals surface area (Å²) in [6.45, 7) is 8.93. The van der Waals surface area contributed by atoms with E-state index in [1.165, 1.54) is 0 Å². The predicted molar refractivity (Wildman–Crippen MR) is 43.3 cm³/mol. The van der Waals surface area contributed by atoms with Crippen LogP contribution in [0.4, 0.5) is 0 Å². The van der Waals surface area contributed by atoms with Crippen LogP contribution in [0.1, 0.15) is 27.7 Å². The first-order valence-corrected chi connectivity index (χ1v) is 4.09. The van der Waals surface area contributed by atoms with Gasteiger partial charge in [-0.15, -0.1) is 0 Å². The van der Waals surface area contributed by atoms with E-state index in [0.29, 0.717) is 13.2 Å². The van der Waals surface area contributed by atoms with Gasteiger partial charge in [-0.1, -0.05) is 0 Å². The molecular weight excluding hydrogens is 144 g/mol. The van der Waals surface area contributed by atoms with Gasteiger partial charge in [0.2, 0.25) is 0 Å². The highest BCUT2D eigenvalue weighted by molar-refractivity contribution is 4.34. The lowest BCUT2D eigenvalue weighted by Gasteiger charge is -2.18. The van der Waals surface area contributed by atoms with Gasteiger partial charge in [0, 0.05) is 13.2 Å². The molecule has 0 bridgehead atoms. The zero-order valence-corrected chi connectivity index (χ0v) is 7.79. The molecule has 0 aromatic carbocycles. The molecule has 0 fully saturated rings. The molecule has 0 aromatic heterocycles. The van der Waals surface area contributed by atoms with Gasteiger partial charge in [-0.25, -0.2) is 0 Å². The lowest BCUT2D eigenvalue weighted by atomic mass is 10.6. The highest BCUT2D eigenvalue weighted by Gasteiger charge is 2.06. The standard InChI is InChI=1S/C8H18O3/c1-5-9-7(3)11-8(4)10-6-2/h7-8H,5-6H2,1-4H3. The van der Waals surface area contributed by atoms with Crippen molar-refractivity contribution in [2.24, 2.45) is 0 Å². The molecule has 2 unspecified atom stereocenters. The molecule has 0 rings (SSSR count). The Kier molecular flexibility index (Phi) is 6.51. The molecule has 0 amide bonds. The van der Waals surface area contributed by atoms with Crippen LogP contribution in [0.3, 0.4) is 0 Å². The van der Waals surface area contributed by atoms with Gasteiger partial charge >= 0.3 is 0 Å². The zero-order valence-electron chi connectivity index (χ0n) is 7.79. The lowest BCUT2D eigenvalue weighted by molar-refractivity contribution is -0.228.